The van der Waals surface area contributed by atoms with E-state index >= 15 is 0 Å². The lowest BCUT2D eigenvalue weighted by molar-refractivity contribution is -0.117. The molecule has 6 aromatic heterocycles. The van der Waals surface area contributed by atoms with Crippen LogP contribution in [0.1, 0.15) is 42.4 Å². The van der Waals surface area contributed by atoms with Crippen LogP contribution in [0.25, 0.3) is 28.1 Å². The van der Waals surface area contributed by atoms with Gasteiger partial charge < -0.3 is 29.2 Å². The molecule has 0 radical (unpaired) electrons. The topological polar surface area (TPSA) is 190 Å². The van der Waals surface area contributed by atoms with E-state index in [2.05, 4.69) is 45.5 Å². The number of carbonyl (C=O) groups excluding carboxylic acids is 2. The van der Waals surface area contributed by atoms with Gasteiger partial charge in [0.1, 0.15) is 30.5 Å². The lowest BCUT2D eigenvalue weighted by Crippen LogP contribution is -2.25. The fraction of sp³-hybridized carbons (Fsp3) is 0.282. The number of ether oxygens (including phenoxy) is 2. The number of imidazole rings is 2. The monoisotopic (exact) mass is 738 g/mol. The molecule has 0 spiro atoms. The van der Waals surface area contributed by atoms with E-state index in [4.69, 9.17) is 14.5 Å². The van der Waals surface area contributed by atoms with Crippen molar-refractivity contribution in [3.63, 3.8) is 0 Å². The van der Waals surface area contributed by atoms with Crippen molar-refractivity contribution in [2.24, 2.45) is 0 Å². The molecule has 16 nitrogen and oxygen atoms in total. The van der Waals surface area contributed by atoms with Gasteiger partial charge in [-0.2, -0.15) is 0 Å². The Morgan fingerprint density at radius 1 is 0.745 bits per heavy atom. The van der Waals surface area contributed by atoms with Crippen molar-refractivity contribution in [2.75, 3.05) is 30.5 Å². The highest BCUT2D eigenvalue weighted by Gasteiger charge is 2.25. The molecule has 2 amide bonds. The van der Waals surface area contributed by atoms with E-state index < -0.39 is 0 Å². The van der Waals surface area contributed by atoms with Crippen molar-refractivity contribution < 1.29 is 19.1 Å². The molecule has 0 bridgehead atoms. The second kappa shape index (κ2) is 16.7. The summed E-state index contributed by atoms with van der Waals surface area (Å²) < 4.78 is 15.4. The summed E-state index contributed by atoms with van der Waals surface area (Å²) in [6, 6.07) is 7.17. The van der Waals surface area contributed by atoms with E-state index in [0.717, 1.165) is 46.8 Å². The zero-order valence-electron chi connectivity index (χ0n) is 29.9. The summed E-state index contributed by atoms with van der Waals surface area (Å²) >= 11 is 0. The standard InChI is InChI=1S/C39H38N12O4/c52-38(48-35-3-1-28(17-44-35)31-19-40-8-10-42-31)23-50-21-33(46-25-50)27-7-14-55-30(15-27)16-37-47-34(26-5-12-54-13-6-26)22-51(37)24-39(53)49-36-4-2-29(18-45-36)32-20-41-9-11-43-32/h1-4,7-11,17-22,25-26,30H,5-6,12-16,23-24H2,(H,44,48,52)(H,45,49,53). The molecular formula is C39H38N12O4. The fourth-order valence-electron chi connectivity index (χ4n) is 6.61. The van der Waals surface area contributed by atoms with Gasteiger partial charge in [0, 0.05) is 92.7 Å². The molecule has 8 heterocycles. The average molecular weight is 739 g/mol. The molecule has 2 aliphatic heterocycles. The Kier molecular flexibility index (Phi) is 10.8. The summed E-state index contributed by atoms with van der Waals surface area (Å²) in [5, 5.41) is 5.75. The third-order valence-electron chi connectivity index (χ3n) is 9.42. The van der Waals surface area contributed by atoms with Crippen molar-refractivity contribution in [1.82, 2.24) is 49.0 Å². The third kappa shape index (κ3) is 9.00. The molecular weight excluding hydrogens is 701 g/mol. The third-order valence-corrected chi connectivity index (χ3v) is 9.42. The normalized spacial score (nSPS) is 16.0. The molecule has 0 aliphatic carbocycles. The Morgan fingerprint density at radius 2 is 1.42 bits per heavy atom. The van der Waals surface area contributed by atoms with Gasteiger partial charge in [-0.25, -0.2) is 19.9 Å². The Morgan fingerprint density at radius 3 is 2.04 bits per heavy atom. The summed E-state index contributed by atoms with van der Waals surface area (Å²) in [5.74, 6) is 1.47. The number of aromatic nitrogens is 10. The number of anilines is 2. The molecule has 0 aromatic carbocycles. The van der Waals surface area contributed by atoms with Crippen LogP contribution < -0.4 is 10.6 Å². The van der Waals surface area contributed by atoms with Crippen LogP contribution >= 0.6 is 0 Å². The summed E-state index contributed by atoms with van der Waals surface area (Å²) in [4.78, 5) is 61.4. The zero-order chi connectivity index (χ0) is 37.4. The van der Waals surface area contributed by atoms with Gasteiger partial charge in [-0.15, -0.1) is 0 Å². The minimum atomic E-state index is -0.228. The number of rotatable bonds is 12. The van der Waals surface area contributed by atoms with Gasteiger partial charge in [0.25, 0.3) is 0 Å². The molecule has 0 saturated carbocycles. The maximum atomic E-state index is 13.3. The van der Waals surface area contributed by atoms with Gasteiger partial charge in [-0.1, -0.05) is 6.08 Å². The molecule has 1 saturated heterocycles. The molecule has 278 valence electrons. The van der Waals surface area contributed by atoms with Crippen LogP contribution in [0.3, 0.4) is 0 Å². The van der Waals surface area contributed by atoms with Crippen molar-refractivity contribution in [3.8, 4) is 22.5 Å². The summed E-state index contributed by atoms with van der Waals surface area (Å²) in [5.41, 5.74) is 5.76. The lowest BCUT2D eigenvalue weighted by atomic mass is 9.97. The number of nitrogens with one attached hydrogen (secondary N) is 2. The molecule has 1 atom stereocenters. The van der Waals surface area contributed by atoms with E-state index in [1.165, 1.54) is 0 Å². The quantitative estimate of drug-likeness (QED) is 0.181. The van der Waals surface area contributed by atoms with Gasteiger partial charge in [0.15, 0.2) is 0 Å². The van der Waals surface area contributed by atoms with Crippen molar-refractivity contribution >= 4 is 29.0 Å². The molecule has 2 N–H and O–H groups in total. The molecule has 16 heteroatoms. The Bertz CT molecular complexity index is 2250. The van der Waals surface area contributed by atoms with E-state index in [0.29, 0.717) is 55.7 Å². The highest BCUT2D eigenvalue weighted by Crippen LogP contribution is 2.29. The van der Waals surface area contributed by atoms with Crippen LogP contribution in [-0.4, -0.2) is 86.7 Å². The first kappa shape index (κ1) is 35.5. The van der Waals surface area contributed by atoms with Crippen LogP contribution in [0.4, 0.5) is 11.6 Å². The molecule has 8 rings (SSSR count). The molecule has 1 fully saturated rings. The maximum Gasteiger partial charge on any atom is 0.245 e. The Labute approximate surface area is 316 Å². The van der Waals surface area contributed by atoms with Gasteiger partial charge in [-0.3, -0.25) is 29.5 Å². The SMILES string of the molecule is O=C(Cn1cnc(C2=CCOC(Cc3nc(C4CCOCC4)cn3CC(=O)Nc3ccc(-c4cnccn4)cn3)C2)c1)Nc1ccc(-c2cnccn2)cn1. The first-order valence-corrected chi connectivity index (χ1v) is 18.0. The predicted octanol–water partition coefficient (Wildman–Crippen LogP) is 4.37. The van der Waals surface area contributed by atoms with Gasteiger partial charge in [-0.05, 0) is 42.7 Å². The predicted molar refractivity (Wildman–Crippen MR) is 201 cm³/mol. The minimum Gasteiger partial charge on any atom is -0.381 e. The van der Waals surface area contributed by atoms with E-state index in [-0.39, 0.29) is 36.9 Å². The first-order valence-electron chi connectivity index (χ1n) is 18.0. The Hall–Kier alpha value is -6.52. The van der Waals surface area contributed by atoms with Crippen LogP contribution in [0, 0.1) is 0 Å². The minimum absolute atomic E-state index is 0.0718. The van der Waals surface area contributed by atoms with Crippen molar-refractivity contribution in [2.45, 2.75) is 50.8 Å². The number of hydrogen-bond donors (Lipinski definition) is 2. The van der Waals surface area contributed by atoms with E-state index in [1.54, 1.807) is 72.6 Å². The lowest BCUT2D eigenvalue weighted by Gasteiger charge is -2.23. The van der Waals surface area contributed by atoms with E-state index in [9.17, 15) is 9.59 Å². The smallest absolute Gasteiger partial charge is 0.245 e. The molecule has 2 aliphatic rings. The first-order chi connectivity index (χ1) is 27.0. The molecule has 1 unspecified atom stereocenters. The number of hydrogen-bond acceptors (Lipinski definition) is 12. The summed E-state index contributed by atoms with van der Waals surface area (Å²) in [7, 11) is 0. The Balaban J connectivity index is 0.893. The highest BCUT2D eigenvalue weighted by atomic mass is 16.5. The largest absolute Gasteiger partial charge is 0.381 e. The van der Waals surface area contributed by atoms with E-state index in [1.807, 2.05) is 35.2 Å². The van der Waals surface area contributed by atoms with Crippen LogP contribution in [0.15, 0.2) is 98.6 Å². The molecule has 55 heavy (non-hydrogen) atoms. The summed E-state index contributed by atoms with van der Waals surface area (Å²) in [6.45, 7) is 1.93. The second-order valence-electron chi connectivity index (χ2n) is 13.3. The average Bonchev–Trinajstić information content (AvgIpc) is 3.86. The van der Waals surface area contributed by atoms with Crippen LogP contribution in [-0.2, 0) is 38.6 Å². The summed E-state index contributed by atoms with van der Waals surface area (Å²) in [6.07, 6.45) is 23.3. The number of nitrogens with zero attached hydrogens (tertiary/aromatic N) is 10. The van der Waals surface area contributed by atoms with Crippen molar-refractivity contribution in [3.05, 3.63) is 116 Å². The number of carbonyl (C=O) groups is 2. The molecule has 6 aromatic rings. The van der Waals surface area contributed by atoms with Crippen LogP contribution in [0.5, 0.6) is 0 Å². The van der Waals surface area contributed by atoms with Crippen LogP contribution in [0.2, 0.25) is 0 Å². The van der Waals surface area contributed by atoms with Gasteiger partial charge in [0.2, 0.25) is 11.8 Å². The number of amides is 2. The van der Waals surface area contributed by atoms with Gasteiger partial charge in [0.05, 0.1) is 54.2 Å². The highest BCUT2D eigenvalue weighted by molar-refractivity contribution is 5.90. The second-order valence-corrected chi connectivity index (χ2v) is 13.3. The number of pyridine rings is 2. The van der Waals surface area contributed by atoms with Crippen molar-refractivity contribution in [1.29, 1.82) is 0 Å². The zero-order valence-corrected chi connectivity index (χ0v) is 29.9. The fourth-order valence-corrected chi connectivity index (χ4v) is 6.61. The van der Waals surface area contributed by atoms with Gasteiger partial charge >= 0.3 is 0 Å². The maximum absolute atomic E-state index is 13.3.